The molecule has 0 N–H and O–H groups in total. The molecule has 0 spiro atoms. The molecular weight excluding hydrogens is 392 g/mol. The van der Waals surface area contributed by atoms with E-state index in [1.54, 1.807) is 26.0 Å². The summed E-state index contributed by atoms with van der Waals surface area (Å²) in [5.74, 6) is -3.69. The lowest BCUT2D eigenvalue weighted by Crippen LogP contribution is -2.27. The lowest BCUT2D eigenvalue weighted by Gasteiger charge is -2.19. The first-order valence-corrected chi connectivity index (χ1v) is 9.34. The fraction of sp³-hybridized carbons (Fsp3) is 0.318. The molecule has 0 unspecified atom stereocenters. The van der Waals surface area contributed by atoms with Crippen LogP contribution in [0.4, 0.5) is 0 Å². The highest BCUT2D eigenvalue weighted by Gasteiger charge is 2.34. The number of hydrogen-bond acceptors (Lipinski definition) is 8. The van der Waals surface area contributed by atoms with Crippen LogP contribution in [0.5, 0.6) is 0 Å². The Morgan fingerprint density at radius 2 is 1.60 bits per heavy atom. The van der Waals surface area contributed by atoms with Crippen LogP contribution in [0.3, 0.4) is 0 Å². The number of carbonyl (C=O) groups is 5. The van der Waals surface area contributed by atoms with Crippen LogP contribution in [-0.4, -0.2) is 36.1 Å². The topological polar surface area (TPSA) is 117 Å². The van der Waals surface area contributed by atoms with E-state index in [1.165, 1.54) is 12.1 Å². The summed E-state index contributed by atoms with van der Waals surface area (Å²) in [5.41, 5.74) is -0.316. The third-order valence-electron chi connectivity index (χ3n) is 5.03. The minimum absolute atomic E-state index is 0.0221. The van der Waals surface area contributed by atoms with E-state index >= 15 is 0 Å². The van der Waals surface area contributed by atoms with Gasteiger partial charge in [0.05, 0.1) is 11.0 Å². The number of furan rings is 1. The van der Waals surface area contributed by atoms with Gasteiger partial charge in [0.1, 0.15) is 6.42 Å². The second-order valence-corrected chi connectivity index (χ2v) is 7.46. The molecular formula is C22H20O8. The second kappa shape index (κ2) is 8.06. The van der Waals surface area contributed by atoms with Crippen LogP contribution in [0.2, 0.25) is 0 Å². The van der Waals surface area contributed by atoms with Crippen LogP contribution in [-0.2, 0) is 19.1 Å². The molecule has 30 heavy (non-hydrogen) atoms. The van der Waals surface area contributed by atoms with Crippen molar-refractivity contribution in [1.82, 2.24) is 0 Å². The molecule has 1 heterocycles. The van der Waals surface area contributed by atoms with E-state index in [1.807, 2.05) is 6.92 Å². The Labute approximate surface area is 172 Å². The number of fused-ring (bicyclic) bond motifs is 2. The Morgan fingerprint density at radius 1 is 0.967 bits per heavy atom. The number of ether oxygens (including phenoxy) is 2. The Morgan fingerprint density at radius 3 is 2.23 bits per heavy atom. The maximum atomic E-state index is 12.6. The number of carbonyl (C=O) groups excluding carboxylic acids is 5. The number of rotatable bonds is 7. The van der Waals surface area contributed by atoms with Gasteiger partial charge in [-0.15, -0.1) is 0 Å². The van der Waals surface area contributed by atoms with Crippen molar-refractivity contribution in [3.8, 4) is 0 Å². The Hall–Kier alpha value is -3.55. The van der Waals surface area contributed by atoms with Gasteiger partial charge in [0.15, 0.2) is 17.3 Å². The van der Waals surface area contributed by atoms with E-state index in [9.17, 15) is 24.0 Å². The van der Waals surface area contributed by atoms with E-state index in [4.69, 9.17) is 13.9 Å². The van der Waals surface area contributed by atoms with Gasteiger partial charge < -0.3 is 13.9 Å². The molecule has 0 radical (unpaired) electrons. The van der Waals surface area contributed by atoms with E-state index < -0.39 is 47.9 Å². The minimum atomic E-state index is -0.933. The van der Waals surface area contributed by atoms with Gasteiger partial charge in [-0.3, -0.25) is 24.0 Å². The van der Waals surface area contributed by atoms with Gasteiger partial charge in [-0.25, -0.2) is 0 Å². The Balaban J connectivity index is 1.64. The van der Waals surface area contributed by atoms with Gasteiger partial charge in [0, 0.05) is 11.1 Å². The molecule has 0 aliphatic heterocycles. The van der Waals surface area contributed by atoms with Crippen LogP contribution >= 0.6 is 0 Å². The van der Waals surface area contributed by atoms with Crippen molar-refractivity contribution in [2.75, 3.05) is 6.79 Å². The van der Waals surface area contributed by atoms with Gasteiger partial charge in [-0.1, -0.05) is 31.2 Å². The van der Waals surface area contributed by atoms with Crippen molar-refractivity contribution < 1.29 is 37.9 Å². The molecule has 8 nitrogen and oxygen atoms in total. The summed E-state index contributed by atoms with van der Waals surface area (Å²) in [7, 11) is 0. The molecule has 1 aromatic carbocycles. The van der Waals surface area contributed by atoms with Crippen LogP contribution in [0.1, 0.15) is 76.2 Å². The average Bonchev–Trinajstić information content (AvgIpc) is 3.18. The highest BCUT2D eigenvalue weighted by Crippen LogP contribution is 2.30. The van der Waals surface area contributed by atoms with Crippen LogP contribution in [0.25, 0.3) is 0 Å². The molecule has 2 aromatic rings. The number of ketones is 3. The highest BCUT2D eigenvalue weighted by molar-refractivity contribution is 6.28. The predicted molar refractivity (Wildman–Crippen MR) is 102 cm³/mol. The summed E-state index contributed by atoms with van der Waals surface area (Å²) < 4.78 is 14.9. The van der Waals surface area contributed by atoms with Crippen molar-refractivity contribution in [2.45, 2.75) is 33.6 Å². The fourth-order valence-electron chi connectivity index (χ4n) is 2.77. The zero-order valence-electron chi connectivity index (χ0n) is 16.8. The summed E-state index contributed by atoms with van der Waals surface area (Å²) in [5, 5.41) is 0. The number of Topliss-reactive ketones (excluding diaryl/α,β-unsaturated/α-hetero) is 1. The molecule has 3 rings (SSSR count). The summed E-state index contributed by atoms with van der Waals surface area (Å²) in [6.07, 6.45) is -0.154. The van der Waals surface area contributed by atoms with Crippen molar-refractivity contribution >= 4 is 29.3 Å². The standard InChI is InChI=1S/C22H20O8/c1-4-22(2,3)21(27)29-11-28-17(24)10-15(23)16-9-14-18(25)12-7-5-6-8-13(12)19(26)20(14)30-16/h5-9H,4,10-11H2,1-3H3. The zero-order valence-corrected chi connectivity index (χ0v) is 16.8. The minimum Gasteiger partial charge on any atom is -0.449 e. The molecule has 0 saturated carbocycles. The first-order valence-electron chi connectivity index (χ1n) is 9.34. The monoisotopic (exact) mass is 412 g/mol. The molecule has 0 amide bonds. The normalized spacial score (nSPS) is 12.8. The summed E-state index contributed by atoms with van der Waals surface area (Å²) in [4.78, 5) is 61.1. The largest absolute Gasteiger partial charge is 0.449 e. The zero-order chi connectivity index (χ0) is 22.1. The molecule has 0 atom stereocenters. The van der Waals surface area contributed by atoms with E-state index in [-0.39, 0.29) is 28.2 Å². The summed E-state index contributed by atoms with van der Waals surface area (Å²) in [6, 6.07) is 7.43. The van der Waals surface area contributed by atoms with Gasteiger partial charge in [-0.05, 0) is 26.3 Å². The SMILES string of the molecule is CCC(C)(C)C(=O)OCOC(=O)CC(=O)c1cc2c(o1)C(=O)c1ccccc1C2=O. The molecule has 0 saturated heterocycles. The number of hydrogen-bond donors (Lipinski definition) is 0. The van der Waals surface area contributed by atoms with E-state index in [0.29, 0.717) is 6.42 Å². The van der Waals surface area contributed by atoms with Crippen molar-refractivity contribution in [1.29, 1.82) is 0 Å². The predicted octanol–water partition coefficient (Wildman–Crippen LogP) is 3.11. The van der Waals surface area contributed by atoms with Crippen LogP contribution in [0.15, 0.2) is 34.7 Å². The van der Waals surface area contributed by atoms with Crippen LogP contribution < -0.4 is 0 Å². The van der Waals surface area contributed by atoms with Crippen molar-refractivity contribution in [3.63, 3.8) is 0 Å². The second-order valence-electron chi connectivity index (χ2n) is 7.46. The molecule has 156 valence electrons. The van der Waals surface area contributed by atoms with E-state index in [0.717, 1.165) is 6.07 Å². The first-order chi connectivity index (χ1) is 14.2. The van der Waals surface area contributed by atoms with Crippen LogP contribution in [0, 0.1) is 5.41 Å². The fourth-order valence-corrected chi connectivity index (χ4v) is 2.77. The average molecular weight is 412 g/mol. The Bertz CT molecular complexity index is 1000. The lowest BCUT2D eigenvalue weighted by atomic mass is 9.88. The van der Waals surface area contributed by atoms with Gasteiger partial charge in [0.2, 0.25) is 18.4 Å². The van der Waals surface area contributed by atoms with Gasteiger partial charge in [-0.2, -0.15) is 0 Å². The highest BCUT2D eigenvalue weighted by atomic mass is 16.7. The maximum Gasteiger partial charge on any atom is 0.316 e. The summed E-state index contributed by atoms with van der Waals surface area (Å²) >= 11 is 0. The van der Waals surface area contributed by atoms with Gasteiger partial charge >= 0.3 is 11.9 Å². The Kier molecular flexibility index (Phi) is 5.69. The molecule has 0 fully saturated rings. The maximum absolute atomic E-state index is 12.6. The number of esters is 2. The lowest BCUT2D eigenvalue weighted by molar-refractivity contribution is -0.173. The van der Waals surface area contributed by atoms with Crippen molar-refractivity contribution in [3.05, 3.63) is 58.5 Å². The summed E-state index contributed by atoms with van der Waals surface area (Å²) in [6.45, 7) is 4.60. The van der Waals surface area contributed by atoms with Gasteiger partial charge in [0.25, 0.3) is 0 Å². The molecule has 0 bridgehead atoms. The van der Waals surface area contributed by atoms with Crippen molar-refractivity contribution in [2.24, 2.45) is 5.41 Å². The first kappa shape index (κ1) is 21.2. The quantitative estimate of drug-likeness (QED) is 0.251. The third kappa shape index (κ3) is 3.94. The molecule has 8 heteroatoms. The smallest absolute Gasteiger partial charge is 0.316 e. The van der Waals surface area contributed by atoms with E-state index in [2.05, 4.69) is 0 Å². The molecule has 1 aliphatic carbocycles. The molecule has 1 aromatic heterocycles. The third-order valence-corrected chi connectivity index (χ3v) is 5.03. The molecule has 1 aliphatic rings. The number of benzene rings is 1.